The average molecular weight is 405 g/mol. The molecule has 0 aliphatic carbocycles. The van der Waals surface area contributed by atoms with Crippen molar-refractivity contribution in [2.45, 2.75) is 0 Å². The molecule has 4 aromatic rings. The van der Waals surface area contributed by atoms with Gasteiger partial charge in [0, 0.05) is 54.9 Å². The summed E-state index contributed by atoms with van der Waals surface area (Å²) in [4.78, 5) is 11.3. The normalized spacial score (nSPS) is 10.9. The lowest BCUT2D eigenvalue weighted by Gasteiger charge is -2.25. The summed E-state index contributed by atoms with van der Waals surface area (Å²) in [6, 6.07) is 11.5. The minimum absolute atomic E-state index is 0.0149. The molecule has 2 aromatic carbocycles. The number of hydrogen-bond acceptors (Lipinski definition) is 7. The molecule has 2 aromatic heterocycles. The van der Waals surface area contributed by atoms with Crippen LogP contribution in [0.25, 0.3) is 22.3 Å². The first-order chi connectivity index (χ1) is 14.6. The van der Waals surface area contributed by atoms with Crippen molar-refractivity contribution in [3.63, 3.8) is 0 Å². The van der Waals surface area contributed by atoms with Crippen molar-refractivity contribution < 1.29 is 14.6 Å². The van der Waals surface area contributed by atoms with Crippen molar-refractivity contribution in [2.75, 3.05) is 32.3 Å². The fourth-order valence-corrected chi connectivity index (χ4v) is 3.32. The Kier molecular flexibility index (Phi) is 5.49. The molecule has 1 N–H and O–H groups in total. The molecule has 0 spiro atoms. The number of hydrogen-bond donors (Lipinski definition) is 1. The first-order valence-corrected chi connectivity index (χ1v) is 9.48. The first-order valence-electron chi connectivity index (χ1n) is 9.48. The minimum Gasteiger partial charge on any atom is -0.497 e. The first kappa shape index (κ1) is 19.7. The predicted molar refractivity (Wildman–Crippen MR) is 115 cm³/mol. The number of aryl methyl sites for hydroxylation is 1. The third kappa shape index (κ3) is 3.90. The molecule has 0 fully saturated rings. The standard InChI is InChI=1S/C22H23N5O3/c1-26-14-15(12-24-26)22-13-23-20-5-4-16(10-21(20)25-22)27(6-7-28)17-8-18(29-2)11-19(9-17)30-3/h4-5,8-14,28H,6-7H2,1-3H3. The van der Waals surface area contributed by atoms with Crippen molar-refractivity contribution >= 4 is 22.4 Å². The highest BCUT2D eigenvalue weighted by atomic mass is 16.5. The molecule has 0 aliphatic rings. The van der Waals surface area contributed by atoms with Crippen molar-refractivity contribution in [1.29, 1.82) is 0 Å². The number of aliphatic hydroxyl groups excluding tert-OH is 1. The SMILES string of the molecule is COc1cc(OC)cc(N(CCO)c2ccc3ncc(-c4cnn(C)c4)nc3c2)c1. The number of fused-ring (bicyclic) bond motifs is 1. The van der Waals surface area contributed by atoms with Gasteiger partial charge in [0.1, 0.15) is 11.5 Å². The Morgan fingerprint density at radius 2 is 1.73 bits per heavy atom. The van der Waals surface area contributed by atoms with Crippen LogP contribution in [0, 0.1) is 0 Å². The van der Waals surface area contributed by atoms with Crippen LogP contribution in [0.4, 0.5) is 11.4 Å². The highest BCUT2D eigenvalue weighted by molar-refractivity contribution is 5.82. The van der Waals surface area contributed by atoms with E-state index in [0.29, 0.717) is 18.0 Å². The van der Waals surface area contributed by atoms with Gasteiger partial charge in [0.2, 0.25) is 0 Å². The number of nitrogens with zero attached hydrogens (tertiary/aromatic N) is 5. The fourth-order valence-electron chi connectivity index (χ4n) is 3.32. The number of benzene rings is 2. The van der Waals surface area contributed by atoms with Crippen LogP contribution in [-0.2, 0) is 7.05 Å². The summed E-state index contributed by atoms with van der Waals surface area (Å²) in [5.41, 5.74) is 4.93. The molecule has 0 atom stereocenters. The molecule has 0 saturated heterocycles. The lowest BCUT2D eigenvalue weighted by Crippen LogP contribution is -2.21. The van der Waals surface area contributed by atoms with E-state index >= 15 is 0 Å². The van der Waals surface area contributed by atoms with Crippen LogP contribution < -0.4 is 14.4 Å². The molecule has 30 heavy (non-hydrogen) atoms. The van der Waals surface area contributed by atoms with E-state index in [4.69, 9.17) is 14.5 Å². The summed E-state index contributed by atoms with van der Waals surface area (Å²) in [6.07, 6.45) is 5.41. The quantitative estimate of drug-likeness (QED) is 0.505. The Bertz CT molecular complexity index is 1150. The van der Waals surface area contributed by atoms with E-state index in [-0.39, 0.29) is 6.61 Å². The molecule has 0 amide bonds. The molecule has 0 radical (unpaired) electrons. The highest BCUT2D eigenvalue weighted by Gasteiger charge is 2.14. The number of ether oxygens (including phenoxy) is 2. The van der Waals surface area contributed by atoms with Crippen molar-refractivity contribution in [3.8, 4) is 22.8 Å². The summed E-state index contributed by atoms with van der Waals surface area (Å²) in [5, 5.41) is 13.9. The Morgan fingerprint density at radius 1 is 0.967 bits per heavy atom. The zero-order valence-corrected chi connectivity index (χ0v) is 17.1. The fraction of sp³-hybridized carbons (Fsp3) is 0.227. The molecule has 0 unspecified atom stereocenters. The van der Waals surface area contributed by atoms with Crippen LogP contribution in [0.15, 0.2) is 55.0 Å². The van der Waals surface area contributed by atoms with Crippen LogP contribution in [-0.4, -0.2) is 52.2 Å². The molecule has 8 heteroatoms. The molecular formula is C22H23N5O3. The van der Waals surface area contributed by atoms with E-state index < -0.39 is 0 Å². The smallest absolute Gasteiger partial charge is 0.124 e. The predicted octanol–water partition coefficient (Wildman–Crippen LogP) is 3.18. The van der Waals surface area contributed by atoms with E-state index in [0.717, 1.165) is 33.7 Å². The van der Waals surface area contributed by atoms with E-state index in [1.165, 1.54) is 0 Å². The van der Waals surface area contributed by atoms with Gasteiger partial charge in [-0.1, -0.05) is 0 Å². The summed E-state index contributed by atoms with van der Waals surface area (Å²) >= 11 is 0. The topological polar surface area (TPSA) is 85.5 Å². The van der Waals surface area contributed by atoms with Gasteiger partial charge >= 0.3 is 0 Å². The lowest BCUT2D eigenvalue weighted by molar-refractivity contribution is 0.305. The number of anilines is 2. The second kappa shape index (κ2) is 8.38. The third-order valence-corrected chi connectivity index (χ3v) is 4.81. The molecular weight excluding hydrogens is 382 g/mol. The van der Waals surface area contributed by atoms with E-state index in [9.17, 15) is 5.11 Å². The van der Waals surface area contributed by atoms with Gasteiger partial charge in [-0.05, 0) is 18.2 Å². The van der Waals surface area contributed by atoms with Crippen LogP contribution in [0.1, 0.15) is 0 Å². The highest BCUT2D eigenvalue weighted by Crippen LogP contribution is 2.33. The van der Waals surface area contributed by atoms with Crippen LogP contribution in [0.3, 0.4) is 0 Å². The van der Waals surface area contributed by atoms with Crippen molar-refractivity contribution in [2.24, 2.45) is 7.05 Å². The van der Waals surface area contributed by atoms with Gasteiger partial charge in [0.25, 0.3) is 0 Å². The van der Waals surface area contributed by atoms with Crippen LogP contribution in [0.2, 0.25) is 0 Å². The van der Waals surface area contributed by atoms with Gasteiger partial charge in [-0.25, -0.2) is 4.98 Å². The van der Waals surface area contributed by atoms with Crippen molar-refractivity contribution in [3.05, 3.63) is 55.0 Å². The van der Waals surface area contributed by atoms with E-state index in [2.05, 4.69) is 10.1 Å². The van der Waals surface area contributed by atoms with E-state index in [1.807, 2.05) is 54.5 Å². The Labute approximate surface area is 174 Å². The van der Waals surface area contributed by atoms with Gasteiger partial charge < -0.3 is 19.5 Å². The number of methoxy groups -OCH3 is 2. The average Bonchev–Trinajstić information content (AvgIpc) is 3.22. The Morgan fingerprint density at radius 3 is 2.37 bits per heavy atom. The number of aliphatic hydroxyl groups is 1. The number of aromatic nitrogens is 4. The molecule has 8 nitrogen and oxygen atoms in total. The second-order valence-corrected chi connectivity index (χ2v) is 6.78. The van der Waals surface area contributed by atoms with Crippen molar-refractivity contribution in [1.82, 2.24) is 19.7 Å². The third-order valence-electron chi connectivity index (χ3n) is 4.81. The second-order valence-electron chi connectivity index (χ2n) is 6.78. The Hall–Kier alpha value is -3.65. The molecule has 0 bridgehead atoms. The summed E-state index contributed by atoms with van der Waals surface area (Å²) in [5.74, 6) is 1.35. The zero-order valence-electron chi connectivity index (χ0n) is 17.1. The minimum atomic E-state index is -0.0149. The number of rotatable bonds is 7. The maximum absolute atomic E-state index is 9.68. The van der Waals surface area contributed by atoms with Crippen LogP contribution >= 0.6 is 0 Å². The van der Waals surface area contributed by atoms with Gasteiger partial charge in [0.05, 0.1) is 49.9 Å². The van der Waals surface area contributed by atoms with E-state index in [1.54, 1.807) is 31.3 Å². The summed E-state index contributed by atoms with van der Waals surface area (Å²) in [7, 11) is 5.09. The largest absolute Gasteiger partial charge is 0.497 e. The maximum Gasteiger partial charge on any atom is 0.124 e. The monoisotopic (exact) mass is 405 g/mol. The maximum atomic E-state index is 9.68. The zero-order chi connectivity index (χ0) is 21.1. The molecule has 0 saturated carbocycles. The lowest BCUT2D eigenvalue weighted by atomic mass is 10.2. The molecule has 0 aliphatic heterocycles. The van der Waals surface area contributed by atoms with Crippen LogP contribution in [0.5, 0.6) is 11.5 Å². The van der Waals surface area contributed by atoms with Gasteiger partial charge in [-0.2, -0.15) is 5.10 Å². The summed E-state index contributed by atoms with van der Waals surface area (Å²) < 4.78 is 12.5. The molecule has 154 valence electrons. The van der Waals surface area contributed by atoms with Gasteiger partial charge in [-0.3, -0.25) is 9.67 Å². The molecule has 4 rings (SSSR count). The van der Waals surface area contributed by atoms with Gasteiger partial charge in [0.15, 0.2) is 0 Å². The van der Waals surface area contributed by atoms with Gasteiger partial charge in [-0.15, -0.1) is 0 Å². The summed E-state index contributed by atoms with van der Waals surface area (Å²) in [6.45, 7) is 0.385. The Balaban J connectivity index is 1.78. The molecule has 2 heterocycles.